The van der Waals surface area contributed by atoms with Crippen molar-refractivity contribution in [3.63, 3.8) is 0 Å². The number of rotatable bonds is 7. The Balaban J connectivity index is 1.46. The van der Waals surface area contributed by atoms with Crippen molar-refractivity contribution < 1.29 is 14.0 Å². The number of nitrogens with one attached hydrogen (secondary N) is 2. The first-order chi connectivity index (χ1) is 12.6. The molecule has 1 aliphatic rings. The van der Waals surface area contributed by atoms with Crippen molar-refractivity contribution in [2.75, 3.05) is 31.5 Å². The molecule has 0 atom stereocenters. The van der Waals surface area contributed by atoms with Gasteiger partial charge in [-0.05, 0) is 51.0 Å². The van der Waals surface area contributed by atoms with Crippen LogP contribution < -0.4 is 10.6 Å². The Morgan fingerprint density at radius 2 is 1.96 bits per heavy atom. The van der Waals surface area contributed by atoms with Crippen molar-refractivity contribution in [3.8, 4) is 0 Å². The Hall–Kier alpha value is -2.32. The molecule has 3 rings (SSSR count). The number of amides is 2. The van der Waals surface area contributed by atoms with Gasteiger partial charge in [0.25, 0.3) is 11.8 Å². The lowest BCUT2D eigenvalue weighted by Gasteiger charge is -2.13. The number of hydrogen-bond acceptors (Lipinski definition) is 5. The lowest BCUT2D eigenvalue weighted by Crippen LogP contribution is -2.28. The van der Waals surface area contributed by atoms with E-state index in [1.165, 1.54) is 31.0 Å². The van der Waals surface area contributed by atoms with Crippen LogP contribution in [0.15, 0.2) is 29.6 Å². The van der Waals surface area contributed by atoms with Gasteiger partial charge in [0.05, 0.1) is 5.56 Å². The Morgan fingerprint density at radius 3 is 2.73 bits per heavy atom. The largest absolute Gasteiger partial charge is 0.351 e. The molecule has 0 spiro atoms. The van der Waals surface area contributed by atoms with E-state index >= 15 is 0 Å². The second-order valence-electron chi connectivity index (χ2n) is 6.13. The van der Waals surface area contributed by atoms with Crippen LogP contribution in [0.1, 0.15) is 40.1 Å². The maximum Gasteiger partial charge on any atom is 0.270 e. The molecule has 0 bridgehead atoms. The van der Waals surface area contributed by atoms with Gasteiger partial charge >= 0.3 is 0 Å². The number of likely N-dealkylation sites (tertiary alicyclic amines) is 1. The highest BCUT2D eigenvalue weighted by atomic mass is 32.1. The summed E-state index contributed by atoms with van der Waals surface area (Å²) in [6, 6.07) is 5.71. The van der Waals surface area contributed by atoms with Crippen molar-refractivity contribution >= 4 is 28.3 Å². The van der Waals surface area contributed by atoms with E-state index in [0.29, 0.717) is 6.54 Å². The second-order valence-corrected chi connectivity index (χ2v) is 6.99. The highest BCUT2D eigenvalue weighted by molar-refractivity contribution is 7.14. The summed E-state index contributed by atoms with van der Waals surface area (Å²) >= 11 is 1.13. The van der Waals surface area contributed by atoms with Gasteiger partial charge in [-0.25, -0.2) is 9.37 Å². The molecule has 2 heterocycles. The molecule has 2 aromatic rings. The summed E-state index contributed by atoms with van der Waals surface area (Å²) in [6.45, 7) is 3.86. The minimum absolute atomic E-state index is 0.0596. The molecule has 1 aromatic heterocycles. The van der Waals surface area contributed by atoms with Gasteiger partial charge in [-0.2, -0.15) is 0 Å². The molecule has 6 nitrogen and oxygen atoms in total. The van der Waals surface area contributed by atoms with E-state index < -0.39 is 11.7 Å². The van der Waals surface area contributed by atoms with Crippen LogP contribution in [0.4, 0.5) is 9.52 Å². The molecule has 2 N–H and O–H groups in total. The summed E-state index contributed by atoms with van der Waals surface area (Å²) in [6.07, 6.45) is 3.41. The number of carbonyl (C=O) groups is 2. The number of carbonyl (C=O) groups excluding carboxylic acids is 2. The second kappa shape index (κ2) is 8.86. The summed E-state index contributed by atoms with van der Waals surface area (Å²) in [5.41, 5.74) is 0.190. The predicted octanol–water partition coefficient (Wildman–Crippen LogP) is 2.75. The van der Waals surface area contributed by atoms with Crippen molar-refractivity contribution in [1.82, 2.24) is 15.2 Å². The highest BCUT2D eigenvalue weighted by Gasteiger charge is 2.15. The van der Waals surface area contributed by atoms with E-state index in [2.05, 4.69) is 20.5 Å². The third-order valence-electron chi connectivity index (χ3n) is 4.21. The standard InChI is InChI=1S/C18H21FN4O2S/c19-14-7-2-1-6-13(14)16(24)22-18-21-15(12-26-18)17(25)20-8-5-11-23-9-3-4-10-23/h1-2,6-7,12H,3-5,8-11H2,(H,20,25)(H,21,22,24). The summed E-state index contributed by atoms with van der Waals surface area (Å²) in [7, 11) is 0. The van der Waals surface area contributed by atoms with E-state index in [0.717, 1.165) is 37.4 Å². The lowest BCUT2D eigenvalue weighted by molar-refractivity contribution is 0.0946. The maximum atomic E-state index is 13.6. The summed E-state index contributed by atoms with van der Waals surface area (Å²) in [5.74, 6) is -1.46. The van der Waals surface area contributed by atoms with Crippen LogP contribution in [0, 0.1) is 5.82 Å². The van der Waals surface area contributed by atoms with E-state index in [4.69, 9.17) is 0 Å². The van der Waals surface area contributed by atoms with Gasteiger partial charge in [0, 0.05) is 11.9 Å². The molecule has 0 unspecified atom stereocenters. The molecule has 0 radical (unpaired) electrons. The molecule has 26 heavy (non-hydrogen) atoms. The van der Waals surface area contributed by atoms with Crippen LogP contribution in [0.2, 0.25) is 0 Å². The van der Waals surface area contributed by atoms with Gasteiger partial charge < -0.3 is 10.2 Å². The fourth-order valence-electron chi connectivity index (χ4n) is 2.85. The molecule has 8 heteroatoms. The van der Waals surface area contributed by atoms with E-state index in [9.17, 15) is 14.0 Å². The van der Waals surface area contributed by atoms with Crippen molar-refractivity contribution in [1.29, 1.82) is 0 Å². The Bertz CT molecular complexity index is 774. The van der Waals surface area contributed by atoms with Crippen LogP contribution in [0.5, 0.6) is 0 Å². The molecule has 1 saturated heterocycles. The van der Waals surface area contributed by atoms with Gasteiger partial charge in [0.1, 0.15) is 11.5 Å². The van der Waals surface area contributed by atoms with Crippen LogP contribution in [0.25, 0.3) is 0 Å². The Kier molecular flexibility index (Phi) is 6.30. The number of thiazole rings is 1. The van der Waals surface area contributed by atoms with E-state index in [1.807, 2.05) is 0 Å². The van der Waals surface area contributed by atoms with Crippen LogP contribution in [0.3, 0.4) is 0 Å². The first-order valence-corrected chi connectivity index (χ1v) is 9.53. The van der Waals surface area contributed by atoms with E-state index in [-0.39, 0.29) is 22.3 Å². The molecule has 0 saturated carbocycles. The van der Waals surface area contributed by atoms with Gasteiger partial charge in [-0.3, -0.25) is 14.9 Å². The summed E-state index contributed by atoms with van der Waals surface area (Å²) in [5, 5.41) is 7.20. The number of benzene rings is 1. The van der Waals surface area contributed by atoms with Crippen LogP contribution >= 0.6 is 11.3 Å². The Labute approximate surface area is 155 Å². The molecule has 1 aliphatic heterocycles. The lowest BCUT2D eigenvalue weighted by atomic mass is 10.2. The number of aromatic nitrogens is 1. The first kappa shape index (κ1) is 18.5. The number of hydrogen-bond donors (Lipinski definition) is 2. The molecule has 2 amide bonds. The average Bonchev–Trinajstić information content (AvgIpc) is 3.31. The Morgan fingerprint density at radius 1 is 1.19 bits per heavy atom. The number of halogens is 1. The molecular formula is C18H21FN4O2S. The average molecular weight is 376 g/mol. The summed E-state index contributed by atoms with van der Waals surface area (Å²) in [4.78, 5) is 30.7. The van der Waals surface area contributed by atoms with E-state index in [1.54, 1.807) is 11.4 Å². The van der Waals surface area contributed by atoms with Gasteiger partial charge in [0.2, 0.25) is 0 Å². The number of nitrogens with zero attached hydrogens (tertiary/aromatic N) is 2. The zero-order chi connectivity index (χ0) is 18.4. The maximum absolute atomic E-state index is 13.6. The highest BCUT2D eigenvalue weighted by Crippen LogP contribution is 2.17. The summed E-state index contributed by atoms with van der Waals surface area (Å²) < 4.78 is 13.6. The fourth-order valence-corrected chi connectivity index (χ4v) is 3.53. The third-order valence-corrected chi connectivity index (χ3v) is 4.97. The monoisotopic (exact) mass is 376 g/mol. The molecule has 1 aromatic carbocycles. The van der Waals surface area contributed by atoms with Crippen molar-refractivity contribution in [2.45, 2.75) is 19.3 Å². The van der Waals surface area contributed by atoms with Gasteiger partial charge in [-0.15, -0.1) is 11.3 Å². The van der Waals surface area contributed by atoms with Crippen LogP contribution in [-0.2, 0) is 0 Å². The van der Waals surface area contributed by atoms with Gasteiger partial charge in [0.15, 0.2) is 5.13 Å². The molecule has 0 aliphatic carbocycles. The minimum Gasteiger partial charge on any atom is -0.351 e. The van der Waals surface area contributed by atoms with Crippen molar-refractivity contribution in [3.05, 3.63) is 46.7 Å². The zero-order valence-electron chi connectivity index (χ0n) is 14.3. The normalized spacial score (nSPS) is 14.3. The quantitative estimate of drug-likeness (QED) is 0.729. The molecule has 138 valence electrons. The predicted molar refractivity (Wildman–Crippen MR) is 99.1 cm³/mol. The molecule has 1 fully saturated rings. The smallest absolute Gasteiger partial charge is 0.270 e. The fraction of sp³-hybridized carbons (Fsp3) is 0.389. The topological polar surface area (TPSA) is 74.3 Å². The molecular weight excluding hydrogens is 355 g/mol. The van der Waals surface area contributed by atoms with Gasteiger partial charge in [-0.1, -0.05) is 12.1 Å². The first-order valence-electron chi connectivity index (χ1n) is 8.65. The SMILES string of the molecule is O=C(NCCCN1CCCC1)c1csc(NC(=O)c2ccccc2F)n1. The van der Waals surface area contributed by atoms with Crippen molar-refractivity contribution in [2.24, 2.45) is 0 Å². The minimum atomic E-state index is -0.600. The number of anilines is 1. The zero-order valence-corrected chi connectivity index (χ0v) is 15.2. The van der Waals surface area contributed by atoms with Crippen LogP contribution in [-0.4, -0.2) is 47.9 Å². The third kappa shape index (κ3) is 4.86.